The van der Waals surface area contributed by atoms with E-state index in [1.54, 1.807) is 36.4 Å². The molecule has 2 aromatic rings. The molecule has 1 N–H and O–H groups in total. The Bertz CT molecular complexity index is 677. The molecule has 120 valence electrons. The summed E-state index contributed by atoms with van der Waals surface area (Å²) in [7, 11) is 0. The van der Waals surface area contributed by atoms with E-state index >= 15 is 0 Å². The smallest absolute Gasteiger partial charge is 0.267 e. The average molecular weight is 376 g/mol. The van der Waals surface area contributed by atoms with Gasteiger partial charge < -0.3 is 0 Å². The minimum Gasteiger partial charge on any atom is -0.267 e. The number of nitrogens with one attached hydrogen (secondary N) is 1. The first kappa shape index (κ1) is 17.3. The summed E-state index contributed by atoms with van der Waals surface area (Å²) in [6, 6.07) is 12.0. The minimum atomic E-state index is -0.470. The van der Waals surface area contributed by atoms with Crippen molar-refractivity contribution in [3.63, 3.8) is 0 Å². The SMILES string of the molecule is CCCCNN(C(=O)c1ccccn1)C(=O)c1ccccc1Br. The van der Waals surface area contributed by atoms with Crippen LogP contribution >= 0.6 is 15.9 Å². The molecule has 0 aliphatic rings. The number of nitrogens with zero attached hydrogens (tertiary/aromatic N) is 2. The molecule has 1 heterocycles. The fourth-order valence-electron chi connectivity index (χ4n) is 1.96. The van der Waals surface area contributed by atoms with Crippen LogP contribution in [0, 0.1) is 0 Å². The lowest BCUT2D eigenvalue weighted by Crippen LogP contribution is -2.47. The highest BCUT2D eigenvalue weighted by Gasteiger charge is 2.26. The summed E-state index contributed by atoms with van der Waals surface area (Å²) in [4.78, 5) is 29.4. The summed E-state index contributed by atoms with van der Waals surface area (Å²) in [5, 5.41) is 1.04. The zero-order valence-corrected chi connectivity index (χ0v) is 14.4. The number of pyridine rings is 1. The van der Waals surface area contributed by atoms with Gasteiger partial charge in [0.15, 0.2) is 0 Å². The number of unbranched alkanes of at least 4 members (excludes halogenated alkanes) is 1. The second-order valence-corrected chi connectivity index (χ2v) is 5.76. The molecule has 0 bridgehead atoms. The van der Waals surface area contributed by atoms with Crippen LogP contribution in [-0.4, -0.2) is 28.4 Å². The van der Waals surface area contributed by atoms with Crippen LogP contribution in [0.5, 0.6) is 0 Å². The minimum absolute atomic E-state index is 0.219. The maximum absolute atomic E-state index is 12.8. The van der Waals surface area contributed by atoms with Crippen molar-refractivity contribution in [1.82, 2.24) is 15.4 Å². The summed E-state index contributed by atoms with van der Waals surface area (Å²) >= 11 is 3.35. The van der Waals surface area contributed by atoms with E-state index < -0.39 is 11.8 Å². The van der Waals surface area contributed by atoms with Crippen molar-refractivity contribution < 1.29 is 9.59 Å². The molecule has 2 rings (SSSR count). The van der Waals surface area contributed by atoms with Gasteiger partial charge in [-0.1, -0.05) is 31.5 Å². The molecule has 6 heteroatoms. The van der Waals surface area contributed by atoms with E-state index in [9.17, 15) is 9.59 Å². The van der Waals surface area contributed by atoms with Gasteiger partial charge in [0, 0.05) is 17.2 Å². The van der Waals surface area contributed by atoms with Crippen molar-refractivity contribution in [2.75, 3.05) is 6.54 Å². The highest BCUT2D eigenvalue weighted by atomic mass is 79.9. The van der Waals surface area contributed by atoms with Crippen LogP contribution in [-0.2, 0) is 0 Å². The Morgan fingerprint density at radius 3 is 2.52 bits per heavy atom. The first-order valence-electron chi connectivity index (χ1n) is 7.43. The van der Waals surface area contributed by atoms with E-state index in [1.165, 1.54) is 6.20 Å². The number of hydrogen-bond acceptors (Lipinski definition) is 4. The largest absolute Gasteiger partial charge is 0.293 e. The number of amides is 2. The Morgan fingerprint density at radius 1 is 1.13 bits per heavy atom. The van der Waals surface area contributed by atoms with E-state index in [2.05, 4.69) is 26.3 Å². The maximum atomic E-state index is 12.8. The third kappa shape index (κ3) is 4.46. The zero-order valence-electron chi connectivity index (χ0n) is 12.8. The molecule has 0 fully saturated rings. The lowest BCUT2D eigenvalue weighted by molar-refractivity contribution is 0.0521. The molecule has 23 heavy (non-hydrogen) atoms. The molecule has 0 unspecified atom stereocenters. The summed E-state index contributed by atoms with van der Waals surface area (Å²) in [5.74, 6) is -0.883. The van der Waals surface area contributed by atoms with Gasteiger partial charge in [0.05, 0.1) is 5.56 Å². The fraction of sp³-hybridized carbons (Fsp3) is 0.235. The third-order valence-electron chi connectivity index (χ3n) is 3.19. The van der Waals surface area contributed by atoms with Crippen molar-refractivity contribution in [1.29, 1.82) is 0 Å². The van der Waals surface area contributed by atoms with Gasteiger partial charge in [0.25, 0.3) is 11.8 Å². The quantitative estimate of drug-likeness (QED) is 0.477. The Labute approximate surface area is 143 Å². The van der Waals surface area contributed by atoms with E-state index in [-0.39, 0.29) is 5.69 Å². The summed E-state index contributed by atoms with van der Waals surface area (Å²) < 4.78 is 0.640. The Kier molecular flexibility index (Phi) is 6.43. The van der Waals surface area contributed by atoms with Gasteiger partial charge in [0.1, 0.15) is 5.69 Å². The molecule has 5 nitrogen and oxygen atoms in total. The maximum Gasteiger partial charge on any atom is 0.293 e. The first-order valence-corrected chi connectivity index (χ1v) is 8.22. The molecule has 1 aromatic carbocycles. The molecular weight excluding hydrogens is 358 g/mol. The van der Waals surface area contributed by atoms with E-state index in [0.717, 1.165) is 17.9 Å². The standard InChI is InChI=1S/C17H18BrN3O2/c1-2-3-12-20-21(17(23)15-10-6-7-11-19-15)16(22)13-8-4-5-9-14(13)18/h4-11,20H,2-3,12H2,1H3. The highest BCUT2D eigenvalue weighted by Crippen LogP contribution is 2.18. The Morgan fingerprint density at radius 2 is 1.87 bits per heavy atom. The van der Waals surface area contributed by atoms with E-state index in [0.29, 0.717) is 16.6 Å². The van der Waals surface area contributed by atoms with Gasteiger partial charge in [0.2, 0.25) is 0 Å². The van der Waals surface area contributed by atoms with Gasteiger partial charge in [-0.3, -0.25) is 14.6 Å². The van der Waals surface area contributed by atoms with Crippen LogP contribution < -0.4 is 5.43 Å². The molecular formula is C17H18BrN3O2. The second-order valence-electron chi connectivity index (χ2n) is 4.90. The normalized spacial score (nSPS) is 10.3. The van der Waals surface area contributed by atoms with Crippen LogP contribution in [0.1, 0.15) is 40.6 Å². The predicted molar refractivity (Wildman–Crippen MR) is 91.8 cm³/mol. The second kappa shape index (κ2) is 8.55. The summed E-state index contributed by atoms with van der Waals surface area (Å²) in [5.41, 5.74) is 3.55. The van der Waals surface area contributed by atoms with Crippen molar-refractivity contribution in [3.05, 3.63) is 64.4 Å². The Balaban J connectivity index is 2.28. The molecule has 0 radical (unpaired) electrons. The molecule has 0 atom stereocenters. The fourth-order valence-corrected chi connectivity index (χ4v) is 2.42. The van der Waals surface area contributed by atoms with Crippen molar-refractivity contribution >= 4 is 27.7 Å². The van der Waals surface area contributed by atoms with Crippen LogP contribution in [0.2, 0.25) is 0 Å². The average Bonchev–Trinajstić information content (AvgIpc) is 2.59. The van der Waals surface area contributed by atoms with Gasteiger partial charge in [-0.25, -0.2) is 10.4 Å². The van der Waals surface area contributed by atoms with Crippen molar-refractivity contribution in [2.24, 2.45) is 0 Å². The Hall–Kier alpha value is -2.05. The topological polar surface area (TPSA) is 62.3 Å². The van der Waals surface area contributed by atoms with Crippen molar-refractivity contribution in [3.8, 4) is 0 Å². The number of hydrogen-bond donors (Lipinski definition) is 1. The zero-order chi connectivity index (χ0) is 16.7. The number of carbonyl (C=O) groups is 2. The van der Waals surface area contributed by atoms with Gasteiger partial charge >= 0.3 is 0 Å². The number of imide groups is 1. The molecule has 1 aromatic heterocycles. The summed E-state index contributed by atoms with van der Waals surface area (Å²) in [6.07, 6.45) is 3.34. The number of hydrazine groups is 1. The van der Waals surface area contributed by atoms with Crippen LogP contribution in [0.4, 0.5) is 0 Å². The molecule has 2 amide bonds. The van der Waals surface area contributed by atoms with Crippen LogP contribution in [0.15, 0.2) is 53.1 Å². The number of benzene rings is 1. The van der Waals surface area contributed by atoms with Crippen LogP contribution in [0.3, 0.4) is 0 Å². The highest BCUT2D eigenvalue weighted by molar-refractivity contribution is 9.10. The van der Waals surface area contributed by atoms with E-state index in [4.69, 9.17) is 0 Å². The van der Waals surface area contributed by atoms with E-state index in [1.807, 2.05) is 13.0 Å². The van der Waals surface area contributed by atoms with Crippen LogP contribution in [0.25, 0.3) is 0 Å². The lowest BCUT2D eigenvalue weighted by Gasteiger charge is -2.21. The molecule has 0 aliphatic heterocycles. The number of rotatable bonds is 6. The third-order valence-corrected chi connectivity index (χ3v) is 3.89. The lowest BCUT2D eigenvalue weighted by atomic mass is 10.2. The molecule has 0 saturated heterocycles. The summed E-state index contributed by atoms with van der Waals surface area (Å²) in [6.45, 7) is 2.58. The molecule has 0 saturated carbocycles. The number of aromatic nitrogens is 1. The van der Waals surface area contributed by atoms with Crippen molar-refractivity contribution in [2.45, 2.75) is 19.8 Å². The predicted octanol–water partition coefficient (Wildman–Crippen LogP) is 3.43. The van der Waals surface area contributed by atoms with Gasteiger partial charge in [-0.2, -0.15) is 0 Å². The van der Waals surface area contributed by atoms with Gasteiger partial charge in [-0.05, 0) is 46.6 Å². The first-order chi connectivity index (χ1) is 11.1. The molecule has 0 spiro atoms. The van der Waals surface area contributed by atoms with Gasteiger partial charge in [-0.15, -0.1) is 0 Å². The number of halogens is 1. The molecule has 0 aliphatic carbocycles. The monoisotopic (exact) mass is 375 g/mol. The number of carbonyl (C=O) groups excluding carboxylic acids is 2.